The van der Waals surface area contributed by atoms with Crippen molar-refractivity contribution in [3.05, 3.63) is 119 Å². The van der Waals surface area contributed by atoms with E-state index in [4.69, 9.17) is 0 Å². The summed E-state index contributed by atoms with van der Waals surface area (Å²) in [6.07, 6.45) is 9.15. The maximum absolute atomic E-state index is 3.55. The molecular formula is C28H22BrNS. The fourth-order valence-corrected chi connectivity index (χ4v) is 5.13. The van der Waals surface area contributed by atoms with Gasteiger partial charge in [0.05, 0.1) is 0 Å². The highest BCUT2D eigenvalue weighted by atomic mass is 79.9. The van der Waals surface area contributed by atoms with E-state index in [0.717, 1.165) is 34.4 Å². The number of hydrogen-bond acceptors (Lipinski definition) is 2. The maximum Gasteiger partial charge on any atom is 0.0462 e. The summed E-state index contributed by atoms with van der Waals surface area (Å²) >= 11 is 5.41. The van der Waals surface area contributed by atoms with E-state index < -0.39 is 0 Å². The normalized spacial score (nSPS) is 13.1. The lowest BCUT2D eigenvalue weighted by molar-refractivity contribution is 1.04. The first-order chi connectivity index (χ1) is 15.3. The van der Waals surface area contributed by atoms with Crippen molar-refractivity contribution < 1.29 is 0 Å². The van der Waals surface area contributed by atoms with Crippen LogP contribution in [0.4, 0.5) is 17.1 Å². The molecule has 0 radical (unpaired) electrons. The highest BCUT2D eigenvalue weighted by Gasteiger charge is 2.13. The molecule has 3 aromatic carbocycles. The van der Waals surface area contributed by atoms with Crippen LogP contribution in [-0.2, 0) is 0 Å². The first kappa shape index (κ1) is 20.0. The quantitative estimate of drug-likeness (QED) is 0.273. The summed E-state index contributed by atoms with van der Waals surface area (Å²) in [4.78, 5) is 4.93. The van der Waals surface area contributed by atoms with Gasteiger partial charge in [-0.3, -0.25) is 0 Å². The first-order valence-corrected chi connectivity index (χ1v) is 12.1. The minimum Gasteiger partial charge on any atom is -0.311 e. The Morgan fingerprint density at radius 3 is 1.97 bits per heavy atom. The molecule has 1 aliphatic rings. The largest absolute Gasteiger partial charge is 0.311 e. The Balaban J connectivity index is 1.47. The van der Waals surface area contributed by atoms with E-state index >= 15 is 0 Å². The fraction of sp³-hybridized carbons (Fsp3) is 0.0714. The Morgan fingerprint density at radius 1 is 0.645 bits per heavy atom. The van der Waals surface area contributed by atoms with Crippen molar-refractivity contribution in [1.29, 1.82) is 0 Å². The highest BCUT2D eigenvalue weighted by Crippen LogP contribution is 2.38. The third-order valence-electron chi connectivity index (χ3n) is 5.39. The topological polar surface area (TPSA) is 3.24 Å². The van der Waals surface area contributed by atoms with Crippen LogP contribution >= 0.6 is 27.3 Å². The molecule has 0 fully saturated rings. The molecule has 1 nitrogen and oxygen atoms in total. The van der Waals surface area contributed by atoms with Crippen LogP contribution < -0.4 is 4.90 Å². The van der Waals surface area contributed by atoms with E-state index in [1.807, 2.05) is 11.3 Å². The Labute approximate surface area is 196 Å². The van der Waals surface area contributed by atoms with Crippen molar-refractivity contribution in [2.75, 3.05) is 4.90 Å². The number of hydrogen-bond donors (Lipinski definition) is 0. The van der Waals surface area contributed by atoms with E-state index in [2.05, 4.69) is 130 Å². The predicted octanol–water partition coefficient (Wildman–Crippen LogP) is 9.38. The minimum atomic E-state index is 1.08. The molecule has 1 aromatic heterocycles. The number of thiophene rings is 1. The molecule has 1 aliphatic carbocycles. The highest BCUT2D eigenvalue weighted by molar-refractivity contribution is 9.10. The lowest BCUT2D eigenvalue weighted by atomic mass is 10.1. The van der Waals surface area contributed by atoms with Gasteiger partial charge in [-0.1, -0.05) is 64.5 Å². The smallest absolute Gasteiger partial charge is 0.0462 e. The van der Waals surface area contributed by atoms with Gasteiger partial charge in [-0.15, -0.1) is 11.3 Å². The molecule has 0 atom stereocenters. The summed E-state index contributed by atoms with van der Waals surface area (Å²) in [5.74, 6) is 0. The number of nitrogens with zero attached hydrogens (tertiary/aromatic N) is 1. The Hall–Kier alpha value is -2.88. The summed E-state index contributed by atoms with van der Waals surface area (Å²) < 4.78 is 1.08. The van der Waals surface area contributed by atoms with E-state index in [9.17, 15) is 0 Å². The minimum absolute atomic E-state index is 1.08. The Morgan fingerprint density at radius 2 is 1.29 bits per heavy atom. The van der Waals surface area contributed by atoms with E-state index in [-0.39, 0.29) is 0 Å². The SMILES string of the molecule is Brc1ccc(N(c2ccccc2)c2ccc(-c3ccc(C4=CCCC=C4)s3)cc2)cc1. The number of rotatable bonds is 5. The number of anilines is 3. The van der Waals surface area contributed by atoms with Gasteiger partial charge >= 0.3 is 0 Å². The molecule has 3 heteroatoms. The Kier molecular flexibility index (Phi) is 5.88. The second-order valence-corrected chi connectivity index (χ2v) is 9.50. The summed E-state index contributed by atoms with van der Waals surface area (Å²) in [5, 5.41) is 0. The average Bonchev–Trinajstić information content (AvgIpc) is 3.33. The summed E-state index contributed by atoms with van der Waals surface area (Å²) in [5.41, 5.74) is 6.03. The standard InChI is InChI=1S/C28H22BrNS/c29-23-13-17-26(18-14-23)30(24-9-5-2-6-10-24)25-15-11-22(12-16-25)28-20-19-27(31-28)21-7-3-1-4-8-21/h2-3,5-20H,1,4H2. The molecular weight excluding hydrogens is 462 g/mol. The van der Waals surface area contributed by atoms with Crippen molar-refractivity contribution in [3.8, 4) is 10.4 Å². The first-order valence-electron chi connectivity index (χ1n) is 10.5. The maximum atomic E-state index is 3.55. The summed E-state index contributed by atoms with van der Waals surface area (Å²) in [6, 6.07) is 32.3. The zero-order valence-electron chi connectivity index (χ0n) is 17.0. The molecule has 4 aromatic rings. The van der Waals surface area contributed by atoms with Crippen LogP contribution in [0.25, 0.3) is 16.0 Å². The second-order valence-electron chi connectivity index (χ2n) is 7.50. The average molecular weight is 484 g/mol. The van der Waals surface area contributed by atoms with Gasteiger partial charge in [-0.25, -0.2) is 0 Å². The summed E-state index contributed by atoms with van der Waals surface area (Å²) in [6.45, 7) is 0. The monoisotopic (exact) mass is 483 g/mol. The molecule has 0 spiro atoms. The molecule has 0 bridgehead atoms. The summed E-state index contributed by atoms with van der Waals surface area (Å²) in [7, 11) is 0. The Bertz CT molecular complexity index is 1220. The molecule has 1 heterocycles. The zero-order chi connectivity index (χ0) is 21.0. The number of para-hydroxylation sites is 1. The van der Waals surface area contributed by atoms with Crippen LogP contribution in [0.3, 0.4) is 0 Å². The van der Waals surface area contributed by atoms with Crippen LogP contribution in [0, 0.1) is 0 Å². The van der Waals surface area contributed by atoms with E-state index in [1.165, 1.54) is 20.9 Å². The van der Waals surface area contributed by atoms with Gasteiger partial charge in [-0.05, 0) is 84.6 Å². The lowest BCUT2D eigenvalue weighted by Crippen LogP contribution is -2.09. The van der Waals surface area contributed by atoms with Gasteiger partial charge in [-0.2, -0.15) is 0 Å². The van der Waals surface area contributed by atoms with E-state index in [1.54, 1.807) is 0 Å². The third kappa shape index (κ3) is 4.43. The van der Waals surface area contributed by atoms with Crippen LogP contribution in [0.1, 0.15) is 17.7 Å². The van der Waals surface area contributed by atoms with Crippen LogP contribution in [0.2, 0.25) is 0 Å². The third-order valence-corrected chi connectivity index (χ3v) is 7.11. The molecule has 0 amide bonds. The molecule has 31 heavy (non-hydrogen) atoms. The van der Waals surface area contributed by atoms with Gasteiger partial charge in [0.25, 0.3) is 0 Å². The van der Waals surface area contributed by atoms with Crippen molar-refractivity contribution in [3.63, 3.8) is 0 Å². The second kappa shape index (κ2) is 9.09. The van der Waals surface area contributed by atoms with Crippen molar-refractivity contribution in [2.45, 2.75) is 12.8 Å². The van der Waals surface area contributed by atoms with Crippen LogP contribution in [0.5, 0.6) is 0 Å². The van der Waals surface area contributed by atoms with Gasteiger partial charge in [0.15, 0.2) is 0 Å². The molecule has 0 unspecified atom stereocenters. The van der Waals surface area contributed by atoms with Gasteiger partial charge in [0, 0.05) is 31.3 Å². The zero-order valence-corrected chi connectivity index (χ0v) is 19.4. The number of benzene rings is 3. The number of halogens is 1. The van der Waals surface area contributed by atoms with Crippen LogP contribution in [-0.4, -0.2) is 0 Å². The fourth-order valence-electron chi connectivity index (χ4n) is 3.83. The van der Waals surface area contributed by atoms with Gasteiger partial charge in [0.1, 0.15) is 0 Å². The molecule has 0 N–H and O–H groups in total. The molecule has 5 rings (SSSR count). The van der Waals surface area contributed by atoms with Crippen molar-refractivity contribution in [2.24, 2.45) is 0 Å². The molecule has 0 saturated carbocycles. The van der Waals surface area contributed by atoms with Crippen molar-refractivity contribution >= 4 is 49.9 Å². The lowest BCUT2D eigenvalue weighted by Gasteiger charge is -2.25. The van der Waals surface area contributed by atoms with Gasteiger partial charge in [0.2, 0.25) is 0 Å². The van der Waals surface area contributed by atoms with Gasteiger partial charge < -0.3 is 4.90 Å². The molecule has 0 aliphatic heterocycles. The van der Waals surface area contributed by atoms with E-state index in [0.29, 0.717) is 0 Å². The number of allylic oxidation sites excluding steroid dienone is 4. The van der Waals surface area contributed by atoms with Crippen LogP contribution in [0.15, 0.2) is 114 Å². The predicted molar refractivity (Wildman–Crippen MR) is 138 cm³/mol. The van der Waals surface area contributed by atoms with Crippen molar-refractivity contribution in [1.82, 2.24) is 0 Å². The molecule has 152 valence electrons. The molecule has 0 saturated heterocycles.